The van der Waals surface area contributed by atoms with Crippen LogP contribution in [-0.4, -0.2) is 26.6 Å². The van der Waals surface area contributed by atoms with Crippen molar-refractivity contribution in [1.82, 2.24) is 9.71 Å². The highest BCUT2D eigenvalue weighted by Gasteiger charge is 2.14. The topological polar surface area (TPSA) is 68.3 Å². The third-order valence-electron chi connectivity index (χ3n) is 3.76. The molecule has 0 amide bonds. The van der Waals surface area contributed by atoms with Crippen molar-refractivity contribution in [3.63, 3.8) is 0 Å². The Labute approximate surface area is 168 Å². The second kappa shape index (κ2) is 8.84. The van der Waals surface area contributed by atoms with E-state index in [4.69, 9.17) is 16.3 Å². The fourth-order valence-corrected chi connectivity index (χ4v) is 4.44. The molecule has 3 aromatic rings. The summed E-state index contributed by atoms with van der Waals surface area (Å²) in [4.78, 5) is 4.77. The molecule has 1 N–H and O–H groups in total. The number of aromatic nitrogens is 1. The van der Waals surface area contributed by atoms with Crippen molar-refractivity contribution in [3.05, 3.63) is 64.6 Å². The van der Waals surface area contributed by atoms with Gasteiger partial charge in [0.1, 0.15) is 10.8 Å². The van der Waals surface area contributed by atoms with Crippen LogP contribution in [0, 0.1) is 0 Å². The van der Waals surface area contributed by atoms with Gasteiger partial charge in [-0.25, -0.2) is 18.1 Å². The summed E-state index contributed by atoms with van der Waals surface area (Å²) in [5, 5.41) is 3.50. The number of thiazole rings is 1. The second-order valence-corrected chi connectivity index (χ2v) is 8.76. The molecule has 0 saturated carbocycles. The smallest absolute Gasteiger partial charge is 0.240 e. The number of rotatable bonds is 8. The van der Waals surface area contributed by atoms with Crippen molar-refractivity contribution in [1.29, 1.82) is 0 Å². The molecule has 3 rings (SSSR count). The molecule has 0 atom stereocenters. The van der Waals surface area contributed by atoms with E-state index >= 15 is 0 Å². The van der Waals surface area contributed by atoms with Crippen LogP contribution >= 0.6 is 22.9 Å². The van der Waals surface area contributed by atoms with Crippen molar-refractivity contribution in [2.75, 3.05) is 13.2 Å². The van der Waals surface area contributed by atoms with Gasteiger partial charge >= 0.3 is 0 Å². The highest BCUT2D eigenvalue weighted by atomic mass is 35.5. The Balaban J connectivity index is 1.58. The predicted octanol–water partition coefficient (Wildman–Crippen LogP) is 4.38. The minimum absolute atomic E-state index is 0.214. The maximum atomic E-state index is 12.4. The summed E-state index contributed by atoms with van der Waals surface area (Å²) in [5.41, 5.74) is 1.84. The molecular weight excluding hydrogens is 404 g/mol. The SMILES string of the molecule is CCOc1ccc(S(=O)(=O)NCCc2csc(-c3ccc(Cl)cc3)n2)cc1. The molecule has 2 aromatic carbocycles. The van der Waals surface area contributed by atoms with Crippen LogP contribution in [0.2, 0.25) is 5.02 Å². The normalized spacial score (nSPS) is 11.5. The summed E-state index contributed by atoms with van der Waals surface area (Å²) in [6.45, 7) is 2.69. The van der Waals surface area contributed by atoms with E-state index in [0.29, 0.717) is 23.8 Å². The van der Waals surface area contributed by atoms with E-state index < -0.39 is 10.0 Å². The first-order chi connectivity index (χ1) is 13.0. The summed E-state index contributed by atoms with van der Waals surface area (Å²) < 4.78 is 32.7. The lowest BCUT2D eigenvalue weighted by Gasteiger charge is -2.07. The van der Waals surface area contributed by atoms with Gasteiger partial charge in [0.05, 0.1) is 17.2 Å². The summed E-state index contributed by atoms with van der Waals surface area (Å²) >= 11 is 7.42. The molecule has 0 bridgehead atoms. The molecule has 0 fully saturated rings. The van der Waals surface area contributed by atoms with Gasteiger partial charge in [0.2, 0.25) is 10.0 Å². The van der Waals surface area contributed by atoms with Gasteiger partial charge in [-0.05, 0) is 43.3 Å². The van der Waals surface area contributed by atoms with Crippen LogP contribution in [0.25, 0.3) is 10.6 Å². The largest absolute Gasteiger partial charge is 0.494 e. The van der Waals surface area contributed by atoms with Crippen molar-refractivity contribution in [2.24, 2.45) is 0 Å². The summed E-state index contributed by atoms with van der Waals surface area (Å²) in [5.74, 6) is 0.647. The molecule has 0 aliphatic heterocycles. The number of hydrogen-bond acceptors (Lipinski definition) is 5. The lowest BCUT2D eigenvalue weighted by atomic mass is 10.2. The highest BCUT2D eigenvalue weighted by molar-refractivity contribution is 7.89. The monoisotopic (exact) mass is 422 g/mol. The summed E-state index contributed by atoms with van der Waals surface area (Å²) in [7, 11) is -3.56. The molecule has 0 aliphatic rings. The summed E-state index contributed by atoms with van der Waals surface area (Å²) in [6.07, 6.45) is 0.514. The Bertz CT molecular complexity index is 985. The third-order valence-corrected chi connectivity index (χ3v) is 6.43. The van der Waals surface area contributed by atoms with Crippen molar-refractivity contribution in [3.8, 4) is 16.3 Å². The molecule has 5 nitrogen and oxygen atoms in total. The Kier molecular flexibility index (Phi) is 6.49. The van der Waals surface area contributed by atoms with Crippen LogP contribution in [-0.2, 0) is 16.4 Å². The second-order valence-electron chi connectivity index (χ2n) is 5.70. The average molecular weight is 423 g/mol. The number of halogens is 1. The number of nitrogens with one attached hydrogen (secondary N) is 1. The maximum absolute atomic E-state index is 12.4. The van der Waals surface area contributed by atoms with Crippen molar-refractivity contribution in [2.45, 2.75) is 18.2 Å². The van der Waals surface area contributed by atoms with Gasteiger partial charge in [-0.3, -0.25) is 0 Å². The highest BCUT2D eigenvalue weighted by Crippen LogP contribution is 2.25. The maximum Gasteiger partial charge on any atom is 0.240 e. The lowest BCUT2D eigenvalue weighted by Crippen LogP contribution is -2.26. The minimum Gasteiger partial charge on any atom is -0.494 e. The van der Waals surface area contributed by atoms with E-state index in [2.05, 4.69) is 9.71 Å². The van der Waals surface area contributed by atoms with Crippen molar-refractivity contribution < 1.29 is 13.2 Å². The minimum atomic E-state index is -3.56. The van der Waals surface area contributed by atoms with E-state index in [1.54, 1.807) is 12.1 Å². The Morgan fingerprint density at radius 2 is 1.81 bits per heavy atom. The first-order valence-corrected chi connectivity index (χ1v) is 11.1. The van der Waals surface area contributed by atoms with Gasteiger partial charge in [0.25, 0.3) is 0 Å². The Hall–Kier alpha value is -1.93. The van der Waals surface area contributed by atoms with Crippen LogP contribution in [0.5, 0.6) is 5.75 Å². The van der Waals surface area contributed by atoms with Gasteiger partial charge in [-0.1, -0.05) is 23.7 Å². The third kappa shape index (κ3) is 5.29. The van der Waals surface area contributed by atoms with Gasteiger partial charge in [0.15, 0.2) is 0 Å². The predicted molar refractivity (Wildman–Crippen MR) is 109 cm³/mol. The zero-order chi connectivity index (χ0) is 19.3. The van der Waals surface area contributed by atoms with E-state index in [9.17, 15) is 8.42 Å². The number of nitrogens with zero attached hydrogens (tertiary/aromatic N) is 1. The van der Waals surface area contributed by atoms with E-state index in [0.717, 1.165) is 16.3 Å². The molecule has 1 heterocycles. The molecule has 0 unspecified atom stereocenters. The summed E-state index contributed by atoms with van der Waals surface area (Å²) in [6, 6.07) is 13.8. The number of ether oxygens (including phenoxy) is 1. The quantitative estimate of drug-likeness (QED) is 0.584. The van der Waals surface area contributed by atoms with Crippen molar-refractivity contribution >= 4 is 33.0 Å². The van der Waals surface area contributed by atoms with E-state index in [1.165, 1.54) is 23.5 Å². The fourth-order valence-electron chi connectivity index (χ4n) is 2.43. The van der Waals surface area contributed by atoms with E-state index in [-0.39, 0.29) is 11.4 Å². The van der Waals surface area contributed by atoms with Crippen LogP contribution < -0.4 is 9.46 Å². The van der Waals surface area contributed by atoms with Gasteiger partial charge in [0, 0.05) is 28.9 Å². The van der Waals surface area contributed by atoms with Gasteiger partial charge < -0.3 is 4.74 Å². The molecule has 8 heteroatoms. The average Bonchev–Trinajstić information content (AvgIpc) is 3.12. The molecule has 0 saturated heterocycles. The Morgan fingerprint density at radius 1 is 1.11 bits per heavy atom. The standard InChI is InChI=1S/C19H19ClN2O3S2/c1-2-25-17-7-9-18(10-8-17)27(23,24)21-12-11-16-13-26-19(22-16)14-3-5-15(20)6-4-14/h3-10,13,21H,2,11-12H2,1H3. The molecule has 0 spiro atoms. The molecule has 142 valence electrons. The number of sulfonamides is 1. The van der Waals surface area contributed by atoms with Crippen LogP contribution in [0.4, 0.5) is 0 Å². The zero-order valence-corrected chi connectivity index (χ0v) is 17.1. The number of benzene rings is 2. The van der Waals surface area contributed by atoms with Crippen LogP contribution in [0.15, 0.2) is 58.8 Å². The van der Waals surface area contributed by atoms with Crippen LogP contribution in [0.1, 0.15) is 12.6 Å². The first kappa shape index (κ1) is 19.8. The molecular formula is C19H19ClN2O3S2. The first-order valence-electron chi connectivity index (χ1n) is 8.41. The van der Waals surface area contributed by atoms with Gasteiger partial charge in [-0.15, -0.1) is 11.3 Å². The van der Waals surface area contributed by atoms with Gasteiger partial charge in [-0.2, -0.15) is 0 Å². The lowest BCUT2D eigenvalue weighted by molar-refractivity contribution is 0.340. The Morgan fingerprint density at radius 3 is 2.48 bits per heavy atom. The molecule has 27 heavy (non-hydrogen) atoms. The van der Waals surface area contributed by atoms with Crippen LogP contribution in [0.3, 0.4) is 0 Å². The fraction of sp³-hybridized carbons (Fsp3) is 0.211. The molecule has 0 radical (unpaired) electrons. The zero-order valence-electron chi connectivity index (χ0n) is 14.7. The van der Waals surface area contributed by atoms with E-state index in [1.807, 2.05) is 36.6 Å². The molecule has 0 aliphatic carbocycles. The molecule has 1 aromatic heterocycles. The number of hydrogen-bond donors (Lipinski definition) is 1.